The van der Waals surface area contributed by atoms with Crippen molar-refractivity contribution in [3.05, 3.63) is 72.1 Å². The minimum Gasteiger partial charge on any atom is -0.473 e. The number of amides is 1. The first-order valence-electron chi connectivity index (χ1n) is 12.2. The van der Waals surface area contributed by atoms with Crippen LogP contribution >= 0.6 is 0 Å². The van der Waals surface area contributed by atoms with Crippen molar-refractivity contribution in [1.29, 1.82) is 0 Å². The third kappa shape index (κ3) is 8.90. The van der Waals surface area contributed by atoms with Gasteiger partial charge in [0, 0.05) is 57.6 Å². The SMILES string of the molecule is O=C(C1CCN(Cc2cccnc2)CC1)N1CCN(C/C=C/c2ccccc2)CC1.O=C(O)C(=O)O. The Hall–Kier alpha value is -3.56. The number of hydrogen-bond acceptors (Lipinski definition) is 6. The summed E-state index contributed by atoms with van der Waals surface area (Å²) in [6.07, 6.45) is 10.1. The van der Waals surface area contributed by atoms with E-state index in [4.69, 9.17) is 19.8 Å². The van der Waals surface area contributed by atoms with Gasteiger partial charge in [-0.2, -0.15) is 0 Å². The molecule has 0 radical (unpaired) electrons. The third-order valence-electron chi connectivity index (χ3n) is 6.41. The molecule has 2 saturated heterocycles. The summed E-state index contributed by atoms with van der Waals surface area (Å²) in [5.74, 6) is -3.08. The van der Waals surface area contributed by atoms with Gasteiger partial charge in [0.1, 0.15) is 0 Å². The summed E-state index contributed by atoms with van der Waals surface area (Å²) in [6.45, 7) is 7.51. The summed E-state index contributed by atoms with van der Waals surface area (Å²) in [5, 5.41) is 14.8. The number of piperidine rings is 1. The van der Waals surface area contributed by atoms with E-state index in [0.717, 1.165) is 65.2 Å². The molecule has 2 aromatic rings. The molecule has 9 nitrogen and oxygen atoms in total. The van der Waals surface area contributed by atoms with Crippen molar-refractivity contribution < 1.29 is 24.6 Å². The standard InChI is InChI=1S/C25H32N4O.C2H2O4/c30-25(24-10-14-28(15-11-24)21-23-8-4-12-26-20-23)29-18-16-27(17-19-29)13-5-9-22-6-2-1-3-7-22;3-1(4)2(5)6/h1-9,12,20,24H,10-11,13-19,21H2;(H,3,4)(H,5,6)/b9-5+;. The van der Waals surface area contributed by atoms with E-state index in [9.17, 15) is 4.79 Å². The number of rotatable bonds is 6. The van der Waals surface area contributed by atoms with Gasteiger partial charge >= 0.3 is 11.9 Å². The van der Waals surface area contributed by atoms with Crippen LogP contribution < -0.4 is 0 Å². The maximum absolute atomic E-state index is 13.0. The maximum Gasteiger partial charge on any atom is 0.414 e. The van der Waals surface area contributed by atoms with Crippen molar-refractivity contribution in [1.82, 2.24) is 19.7 Å². The van der Waals surface area contributed by atoms with Crippen LogP contribution in [0.2, 0.25) is 0 Å². The van der Waals surface area contributed by atoms with Gasteiger partial charge in [-0.1, -0.05) is 48.6 Å². The second-order valence-electron chi connectivity index (χ2n) is 8.96. The zero-order valence-electron chi connectivity index (χ0n) is 20.4. The average Bonchev–Trinajstić information content (AvgIpc) is 2.91. The molecule has 2 fully saturated rings. The van der Waals surface area contributed by atoms with Gasteiger partial charge < -0.3 is 15.1 Å². The molecule has 2 N–H and O–H groups in total. The monoisotopic (exact) mass is 494 g/mol. The highest BCUT2D eigenvalue weighted by atomic mass is 16.4. The van der Waals surface area contributed by atoms with Crippen LogP contribution in [0.15, 0.2) is 60.9 Å². The normalized spacial score (nSPS) is 17.4. The minimum atomic E-state index is -1.82. The van der Waals surface area contributed by atoms with Gasteiger partial charge in [0.25, 0.3) is 0 Å². The predicted octanol–water partition coefficient (Wildman–Crippen LogP) is 2.31. The Kier molecular flexibility index (Phi) is 10.6. The van der Waals surface area contributed by atoms with Gasteiger partial charge in [0.15, 0.2) is 0 Å². The minimum absolute atomic E-state index is 0.194. The van der Waals surface area contributed by atoms with Gasteiger partial charge in [-0.05, 0) is 43.1 Å². The van der Waals surface area contributed by atoms with Crippen LogP contribution in [0.25, 0.3) is 6.08 Å². The van der Waals surface area contributed by atoms with Crippen molar-refractivity contribution in [3.63, 3.8) is 0 Å². The Bertz CT molecular complexity index is 987. The van der Waals surface area contributed by atoms with E-state index in [0.29, 0.717) is 5.91 Å². The molecular formula is C27H34N4O5. The number of carbonyl (C=O) groups is 3. The fourth-order valence-electron chi connectivity index (χ4n) is 4.40. The molecule has 0 aliphatic carbocycles. The van der Waals surface area contributed by atoms with Crippen LogP contribution in [0.5, 0.6) is 0 Å². The van der Waals surface area contributed by atoms with Crippen molar-refractivity contribution in [3.8, 4) is 0 Å². The molecule has 0 saturated carbocycles. The number of piperazine rings is 1. The molecule has 2 aliphatic rings. The number of likely N-dealkylation sites (tertiary alicyclic amines) is 1. The van der Waals surface area contributed by atoms with Gasteiger partial charge in [-0.3, -0.25) is 19.6 Å². The number of aliphatic carboxylic acids is 2. The Balaban J connectivity index is 0.000000538. The summed E-state index contributed by atoms with van der Waals surface area (Å²) in [7, 11) is 0. The lowest BCUT2D eigenvalue weighted by Gasteiger charge is -2.38. The van der Waals surface area contributed by atoms with Crippen LogP contribution in [0, 0.1) is 5.92 Å². The van der Waals surface area contributed by atoms with Crippen LogP contribution in [0.4, 0.5) is 0 Å². The second kappa shape index (κ2) is 14.1. The molecule has 0 spiro atoms. The van der Waals surface area contributed by atoms with E-state index in [-0.39, 0.29) is 5.92 Å². The Morgan fingerprint density at radius 1 is 0.861 bits per heavy atom. The lowest BCUT2D eigenvalue weighted by Crippen LogP contribution is -2.51. The zero-order valence-corrected chi connectivity index (χ0v) is 20.4. The Morgan fingerprint density at radius 3 is 2.11 bits per heavy atom. The number of carboxylic acid groups (broad SMARTS) is 2. The summed E-state index contributed by atoms with van der Waals surface area (Å²) < 4.78 is 0. The third-order valence-corrected chi connectivity index (χ3v) is 6.41. The van der Waals surface area contributed by atoms with Crippen molar-refractivity contribution in [2.75, 3.05) is 45.8 Å². The second-order valence-corrected chi connectivity index (χ2v) is 8.96. The first kappa shape index (κ1) is 27.0. The molecule has 192 valence electrons. The molecule has 2 aliphatic heterocycles. The van der Waals surface area contributed by atoms with E-state index in [2.05, 4.69) is 62.2 Å². The first-order chi connectivity index (χ1) is 17.4. The molecule has 0 bridgehead atoms. The number of aromatic nitrogens is 1. The van der Waals surface area contributed by atoms with E-state index in [1.807, 2.05) is 24.5 Å². The van der Waals surface area contributed by atoms with Crippen molar-refractivity contribution >= 4 is 23.9 Å². The molecule has 3 heterocycles. The van der Waals surface area contributed by atoms with Crippen molar-refractivity contribution in [2.24, 2.45) is 5.92 Å². The summed E-state index contributed by atoms with van der Waals surface area (Å²) in [5.41, 5.74) is 2.49. The molecule has 36 heavy (non-hydrogen) atoms. The van der Waals surface area contributed by atoms with Gasteiger partial charge in [0.2, 0.25) is 5.91 Å². The number of carbonyl (C=O) groups excluding carboxylic acids is 1. The lowest BCUT2D eigenvalue weighted by atomic mass is 9.94. The predicted molar refractivity (Wildman–Crippen MR) is 136 cm³/mol. The maximum atomic E-state index is 13.0. The largest absolute Gasteiger partial charge is 0.473 e. The summed E-state index contributed by atoms with van der Waals surface area (Å²) in [4.78, 5) is 42.4. The number of nitrogens with zero attached hydrogens (tertiary/aromatic N) is 4. The highest BCUT2D eigenvalue weighted by Crippen LogP contribution is 2.22. The number of carboxylic acids is 2. The number of pyridine rings is 1. The van der Waals surface area contributed by atoms with Gasteiger partial charge in [-0.25, -0.2) is 9.59 Å². The number of hydrogen-bond donors (Lipinski definition) is 2. The van der Waals surface area contributed by atoms with E-state index in [1.54, 1.807) is 0 Å². The Labute approximate surface area is 211 Å². The van der Waals surface area contributed by atoms with E-state index in [1.165, 1.54) is 11.1 Å². The van der Waals surface area contributed by atoms with E-state index < -0.39 is 11.9 Å². The average molecular weight is 495 g/mol. The number of benzene rings is 1. The topological polar surface area (TPSA) is 114 Å². The van der Waals surface area contributed by atoms with Gasteiger partial charge in [-0.15, -0.1) is 0 Å². The summed E-state index contributed by atoms with van der Waals surface area (Å²) in [6, 6.07) is 14.5. The quantitative estimate of drug-likeness (QED) is 0.588. The molecule has 0 unspecified atom stereocenters. The fraction of sp³-hybridized carbons (Fsp3) is 0.407. The highest BCUT2D eigenvalue weighted by molar-refractivity contribution is 6.27. The molecule has 1 aromatic heterocycles. The summed E-state index contributed by atoms with van der Waals surface area (Å²) >= 11 is 0. The molecule has 9 heteroatoms. The van der Waals surface area contributed by atoms with Crippen LogP contribution in [-0.2, 0) is 20.9 Å². The first-order valence-corrected chi connectivity index (χ1v) is 12.2. The molecular weight excluding hydrogens is 460 g/mol. The molecule has 1 amide bonds. The van der Waals surface area contributed by atoms with Crippen LogP contribution in [0.3, 0.4) is 0 Å². The fourth-order valence-corrected chi connectivity index (χ4v) is 4.40. The van der Waals surface area contributed by atoms with Crippen LogP contribution in [0.1, 0.15) is 24.0 Å². The molecule has 0 atom stereocenters. The Morgan fingerprint density at radius 2 is 1.53 bits per heavy atom. The zero-order chi connectivity index (χ0) is 25.8. The van der Waals surface area contributed by atoms with Crippen LogP contribution in [-0.4, -0.2) is 93.6 Å². The van der Waals surface area contributed by atoms with E-state index >= 15 is 0 Å². The van der Waals surface area contributed by atoms with Gasteiger partial charge in [0.05, 0.1) is 0 Å². The molecule has 1 aromatic carbocycles. The van der Waals surface area contributed by atoms with Crippen molar-refractivity contribution in [2.45, 2.75) is 19.4 Å². The molecule has 4 rings (SSSR count). The highest BCUT2D eigenvalue weighted by Gasteiger charge is 2.30. The smallest absolute Gasteiger partial charge is 0.414 e. The lowest BCUT2D eigenvalue weighted by molar-refractivity contribution is -0.159.